The van der Waals surface area contributed by atoms with E-state index < -0.39 is 0 Å². The van der Waals surface area contributed by atoms with E-state index in [1.54, 1.807) is 3.97 Å². The Hall–Kier alpha value is -2.20. The van der Waals surface area contributed by atoms with Crippen LogP contribution in [0.15, 0.2) is 49.2 Å². The molecule has 7 nitrogen and oxygen atoms in total. The van der Waals surface area contributed by atoms with Crippen molar-refractivity contribution in [1.82, 2.24) is 19.1 Å². The van der Waals surface area contributed by atoms with Gasteiger partial charge in [0.25, 0.3) is 0 Å². The molecule has 1 saturated carbocycles. The standard InChI is InChI=1S/C35H45Cl2N5OS.C2H6.CH5N/c1-24(30-23-42(44)33-11-7-6-10-29(30)33)39(2)34-21-31(36)26(18-32(34)37)19-35(43)41-22-28(40-16-14-38-15-17-40)20-27(41)13-12-25-8-4-3-5-9-25;2*1-2/h6-7,10-11,18,21,23,25,27-28,38,44H,1,3-5,8-9,12-17,19-20,22H2,2H3;1-2H3;2H2,1H3. The molecule has 2 atom stereocenters. The van der Waals surface area contributed by atoms with Crippen molar-refractivity contribution in [3.8, 4) is 0 Å². The first kappa shape index (κ1) is 38.6. The normalized spacial score (nSPS) is 20.1. The minimum absolute atomic E-state index is 0.154. The van der Waals surface area contributed by atoms with E-state index in [0.29, 0.717) is 22.1 Å². The molecule has 0 radical (unpaired) electrons. The van der Waals surface area contributed by atoms with Crippen molar-refractivity contribution in [2.75, 3.05) is 51.7 Å². The van der Waals surface area contributed by atoms with Gasteiger partial charge in [0.1, 0.15) is 0 Å². The van der Waals surface area contributed by atoms with Gasteiger partial charge in [-0.25, -0.2) is 0 Å². The Bertz CT molecular complexity index is 1500. The van der Waals surface area contributed by atoms with E-state index >= 15 is 0 Å². The van der Waals surface area contributed by atoms with Gasteiger partial charge in [-0.2, -0.15) is 0 Å². The number of para-hydroxylation sites is 1. The molecule has 3 heterocycles. The first-order valence-electron chi connectivity index (χ1n) is 17.8. The summed E-state index contributed by atoms with van der Waals surface area (Å²) in [5.74, 6) is 0.970. The molecular weight excluding hydrogens is 659 g/mol. The second-order valence-electron chi connectivity index (χ2n) is 12.9. The smallest absolute Gasteiger partial charge is 0.227 e. The first-order valence-corrected chi connectivity index (χ1v) is 19.0. The molecule has 264 valence electrons. The van der Waals surface area contributed by atoms with Crippen LogP contribution in [0, 0.1) is 5.92 Å². The number of anilines is 1. The van der Waals surface area contributed by atoms with Gasteiger partial charge in [-0.3, -0.25) is 13.7 Å². The topological polar surface area (TPSA) is 69.8 Å². The number of hydrogen-bond donors (Lipinski definition) is 3. The van der Waals surface area contributed by atoms with Gasteiger partial charge in [0, 0.05) is 79.7 Å². The molecule has 1 aliphatic carbocycles. The Morgan fingerprint density at radius 2 is 1.73 bits per heavy atom. The highest BCUT2D eigenvalue weighted by atomic mass is 35.5. The summed E-state index contributed by atoms with van der Waals surface area (Å²) in [6.45, 7) is 13.3. The highest BCUT2D eigenvalue weighted by Crippen LogP contribution is 2.38. The number of benzene rings is 2. The number of hydrogen-bond acceptors (Lipinski definition) is 6. The third kappa shape index (κ3) is 9.12. The van der Waals surface area contributed by atoms with Gasteiger partial charge in [0.2, 0.25) is 5.91 Å². The fraction of sp³-hybridized carbons (Fsp3) is 0.553. The number of nitrogens with two attached hydrogens (primary N) is 1. The molecule has 3 N–H and O–H groups in total. The zero-order chi connectivity index (χ0) is 34.8. The highest BCUT2D eigenvalue weighted by Gasteiger charge is 2.38. The Morgan fingerprint density at radius 3 is 2.44 bits per heavy atom. The number of fused-ring (bicyclic) bond motifs is 1. The average Bonchev–Trinajstić information content (AvgIpc) is 3.72. The molecule has 2 aliphatic heterocycles. The monoisotopic (exact) mass is 714 g/mol. The van der Waals surface area contributed by atoms with Crippen molar-refractivity contribution in [1.29, 1.82) is 0 Å². The summed E-state index contributed by atoms with van der Waals surface area (Å²) >= 11 is 18.4. The van der Waals surface area contributed by atoms with Crippen LogP contribution in [-0.2, 0) is 11.2 Å². The molecule has 48 heavy (non-hydrogen) atoms. The third-order valence-corrected chi connectivity index (χ3v) is 11.2. The maximum absolute atomic E-state index is 14.0. The number of piperazine rings is 1. The van der Waals surface area contributed by atoms with E-state index in [9.17, 15) is 4.79 Å². The molecule has 2 unspecified atom stereocenters. The largest absolute Gasteiger partial charge is 0.343 e. The van der Waals surface area contributed by atoms with Crippen molar-refractivity contribution >= 4 is 64.2 Å². The van der Waals surface area contributed by atoms with Crippen molar-refractivity contribution in [2.45, 2.75) is 83.7 Å². The van der Waals surface area contributed by atoms with Gasteiger partial charge in [-0.1, -0.05) is 107 Å². The van der Waals surface area contributed by atoms with E-state index in [-0.39, 0.29) is 12.3 Å². The second kappa shape index (κ2) is 18.7. The summed E-state index contributed by atoms with van der Waals surface area (Å²) in [4.78, 5) is 20.7. The Morgan fingerprint density at radius 1 is 1.04 bits per heavy atom. The summed E-state index contributed by atoms with van der Waals surface area (Å²) in [6, 6.07) is 12.6. The average molecular weight is 716 g/mol. The molecule has 1 amide bonds. The van der Waals surface area contributed by atoms with Crippen molar-refractivity contribution < 1.29 is 4.79 Å². The Kier molecular flexibility index (Phi) is 15.0. The zero-order valence-electron chi connectivity index (χ0n) is 29.4. The van der Waals surface area contributed by atoms with Gasteiger partial charge in [0.05, 0.1) is 22.6 Å². The maximum atomic E-state index is 14.0. The third-order valence-electron chi connectivity index (χ3n) is 10.2. The number of amides is 1. The van der Waals surface area contributed by atoms with Crippen molar-refractivity contribution in [3.05, 3.63) is 70.3 Å². The minimum atomic E-state index is 0.154. The summed E-state index contributed by atoms with van der Waals surface area (Å²) < 4.78 is 1.81. The number of carbonyl (C=O) groups is 1. The van der Waals surface area contributed by atoms with Gasteiger partial charge in [-0.05, 0) is 56.0 Å². The predicted molar refractivity (Wildman–Crippen MR) is 210 cm³/mol. The van der Waals surface area contributed by atoms with E-state index in [1.807, 2.05) is 62.3 Å². The van der Waals surface area contributed by atoms with Crippen LogP contribution in [-0.4, -0.2) is 78.6 Å². The molecule has 2 saturated heterocycles. The molecule has 3 fully saturated rings. The summed E-state index contributed by atoms with van der Waals surface area (Å²) in [6.07, 6.45) is 12.4. The molecule has 10 heteroatoms. The van der Waals surface area contributed by atoms with Gasteiger partial charge >= 0.3 is 0 Å². The summed E-state index contributed by atoms with van der Waals surface area (Å²) in [5, 5.41) is 5.62. The summed E-state index contributed by atoms with van der Waals surface area (Å²) in [5.41, 5.74) is 8.79. The number of rotatable bonds is 9. The number of aromatic nitrogens is 1. The van der Waals surface area contributed by atoms with Crippen LogP contribution in [0.4, 0.5) is 5.69 Å². The summed E-state index contributed by atoms with van der Waals surface area (Å²) in [7, 11) is 3.44. The quantitative estimate of drug-likeness (QED) is 0.195. The van der Waals surface area contributed by atoms with Gasteiger partial charge in [-0.15, -0.1) is 0 Å². The van der Waals surface area contributed by atoms with Crippen LogP contribution in [0.25, 0.3) is 16.6 Å². The Labute approximate surface area is 304 Å². The van der Waals surface area contributed by atoms with Crippen LogP contribution in [0.3, 0.4) is 0 Å². The number of likely N-dealkylation sites (tertiary alicyclic amines) is 1. The number of nitrogens with zero attached hydrogens (tertiary/aromatic N) is 4. The maximum Gasteiger partial charge on any atom is 0.227 e. The van der Waals surface area contributed by atoms with E-state index in [0.717, 1.165) is 84.9 Å². The van der Waals surface area contributed by atoms with E-state index in [1.165, 1.54) is 45.6 Å². The fourth-order valence-corrected chi connectivity index (χ4v) is 8.47. The minimum Gasteiger partial charge on any atom is -0.343 e. The fourth-order valence-electron chi connectivity index (χ4n) is 7.64. The zero-order valence-corrected chi connectivity index (χ0v) is 31.8. The molecule has 3 aliphatic rings. The van der Waals surface area contributed by atoms with Crippen LogP contribution >= 0.6 is 36.0 Å². The number of carbonyl (C=O) groups excluding carboxylic acids is 1. The number of thiol groups is 1. The molecule has 0 bridgehead atoms. The molecule has 0 spiro atoms. The van der Waals surface area contributed by atoms with Crippen molar-refractivity contribution in [3.63, 3.8) is 0 Å². The van der Waals surface area contributed by atoms with E-state index in [4.69, 9.17) is 23.2 Å². The van der Waals surface area contributed by atoms with Gasteiger partial charge < -0.3 is 20.9 Å². The van der Waals surface area contributed by atoms with Gasteiger partial charge in [0.15, 0.2) is 0 Å². The molecule has 2 aromatic carbocycles. The molecule has 3 aromatic rings. The first-order chi connectivity index (χ1) is 23.3. The Balaban J connectivity index is 0.00000125. The predicted octanol–water partition coefficient (Wildman–Crippen LogP) is 8.13. The molecular formula is C38H56Cl2N6OS. The molecule has 1 aromatic heterocycles. The SMILES string of the molecule is C=C(c1cn(S)c2ccccc12)N(C)c1cc(Cl)c(CC(=O)N2CC(N3CCNCC3)CC2CCC2CCCCC2)cc1Cl.CC.CN. The van der Waals surface area contributed by atoms with Crippen LogP contribution < -0.4 is 16.0 Å². The number of nitrogens with one attached hydrogen (secondary N) is 1. The molecule has 6 rings (SSSR count). The lowest BCUT2D eigenvalue weighted by Crippen LogP contribution is -2.49. The van der Waals surface area contributed by atoms with Crippen LogP contribution in [0.5, 0.6) is 0 Å². The van der Waals surface area contributed by atoms with Crippen LogP contribution in [0.2, 0.25) is 10.0 Å². The lowest BCUT2D eigenvalue weighted by Gasteiger charge is -2.32. The van der Waals surface area contributed by atoms with Crippen molar-refractivity contribution in [2.24, 2.45) is 11.7 Å². The lowest BCUT2D eigenvalue weighted by molar-refractivity contribution is -0.131. The number of halogens is 2. The second-order valence-corrected chi connectivity index (χ2v) is 14.2. The van der Waals surface area contributed by atoms with E-state index in [2.05, 4.69) is 46.3 Å². The van der Waals surface area contributed by atoms with Crippen LogP contribution in [0.1, 0.15) is 76.3 Å². The lowest BCUT2D eigenvalue weighted by atomic mass is 9.85. The highest BCUT2D eigenvalue weighted by molar-refractivity contribution is 7.78.